The Morgan fingerprint density at radius 1 is 1.10 bits per heavy atom. The van der Waals surface area contributed by atoms with Gasteiger partial charge in [0.1, 0.15) is 17.3 Å². The second-order valence-electron chi connectivity index (χ2n) is 8.01. The van der Waals surface area contributed by atoms with Gasteiger partial charge in [0, 0.05) is 11.6 Å². The number of aliphatic hydroxyl groups excluding tert-OH is 1. The molecule has 1 amide bonds. The van der Waals surface area contributed by atoms with Crippen LogP contribution in [-0.4, -0.2) is 34.3 Å². The number of rotatable bonds is 5. The Balaban J connectivity index is 1.84. The highest BCUT2D eigenvalue weighted by Gasteiger charge is 2.48. The van der Waals surface area contributed by atoms with Gasteiger partial charge in [0.05, 0.1) is 18.2 Å². The number of carbonyl (C=O) groups excluding carboxylic acids is 2. The predicted octanol–water partition coefficient (Wildman–Crippen LogP) is 4.98. The third-order valence-electron chi connectivity index (χ3n) is 6.05. The maximum absolute atomic E-state index is 13.6. The van der Waals surface area contributed by atoms with Crippen molar-refractivity contribution in [1.29, 1.82) is 0 Å². The Bertz CT molecular complexity index is 1010. The van der Waals surface area contributed by atoms with Gasteiger partial charge in [-0.05, 0) is 49.6 Å². The summed E-state index contributed by atoms with van der Waals surface area (Å²) in [4.78, 5) is 27.8. The van der Waals surface area contributed by atoms with Gasteiger partial charge in [-0.25, -0.2) is 4.39 Å². The minimum atomic E-state index is -0.751. The van der Waals surface area contributed by atoms with Crippen molar-refractivity contribution in [2.45, 2.75) is 51.1 Å². The molecule has 6 heteroatoms. The van der Waals surface area contributed by atoms with E-state index in [9.17, 15) is 19.1 Å². The molecule has 2 aromatic carbocycles. The summed E-state index contributed by atoms with van der Waals surface area (Å²) in [6.45, 7) is 2.32. The average molecular weight is 423 g/mol. The first-order valence-corrected chi connectivity index (χ1v) is 10.8. The van der Waals surface area contributed by atoms with Crippen LogP contribution in [0.4, 0.5) is 4.39 Å². The largest absolute Gasteiger partial charge is 0.507 e. The maximum Gasteiger partial charge on any atom is 0.295 e. The predicted molar refractivity (Wildman–Crippen MR) is 115 cm³/mol. The van der Waals surface area contributed by atoms with E-state index in [0.717, 1.165) is 32.1 Å². The van der Waals surface area contributed by atoms with Gasteiger partial charge in [0.25, 0.3) is 11.7 Å². The molecular formula is C25H26FNO4. The van der Waals surface area contributed by atoms with E-state index in [1.54, 1.807) is 41.3 Å². The number of carbonyl (C=O) groups is 2. The van der Waals surface area contributed by atoms with Crippen LogP contribution >= 0.6 is 0 Å². The number of nitrogens with zero attached hydrogens (tertiary/aromatic N) is 1. The van der Waals surface area contributed by atoms with Crippen LogP contribution in [-0.2, 0) is 9.59 Å². The zero-order valence-electron chi connectivity index (χ0n) is 17.5. The molecule has 31 heavy (non-hydrogen) atoms. The molecule has 1 atom stereocenters. The number of halogens is 1. The second-order valence-corrected chi connectivity index (χ2v) is 8.01. The molecule has 0 spiro atoms. The lowest BCUT2D eigenvalue weighted by molar-refractivity contribution is -0.141. The van der Waals surface area contributed by atoms with E-state index >= 15 is 0 Å². The number of likely N-dealkylation sites (tertiary alicyclic amines) is 1. The Morgan fingerprint density at radius 3 is 2.48 bits per heavy atom. The first kappa shape index (κ1) is 21.1. The van der Waals surface area contributed by atoms with E-state index in [-0.39, 0.29) is 17.4 Å². The minimum Gasteiger partial charge on any atom is -0.507 e. The molecule has 2 aliphatic rings. The van der Waals surface area contributed by atoms with Crippen molar-refractivity contribution in [3.8, 4) is 5.75 Å². The van der Waals surface area contributed by atoms with Crippen LogP contribution < -0.4 is 4.74 Å². The number of ether oxygens (including phenoxy) is 1. The fourth-order valence-electron chi connectivity index (χ4n) is 4.61. The number of hydrogen-bond donors (Lipinski definition) is 1. The maximum atomic E-state index is 13.6. The zero-order valence-corrected chi connectivity index (χ0v) is 17.5. The molecule has 1 heterocycles. The van der Waals surface area contributed by atoms with E-state index in [0.29, 0.717) is 23.5 Å². The van der Waals surface area contributed by atoms with Crippen LogP contribution in [0.25, 0.3) is 5.76 Å². The van der Waals surface area contributed by atoms with E-state index in [4.69, 9.17) is 4.74 Å². The molecule has 2 fully saturated rings. The first-order valence-electron chi connectivity index (χ1n) is 10.8. The molecule has 162 valence electrons. The van der Waals surface area contributed by atoms with Crippen molar-refractivity contribution < 1.29 is 23.8 Å². The molecule has 1 saturated heterocycles. The SMILES string of the molecule is CCOc1cccc(/C(O)=C2/C(=O)C(=O)N(C3CCCCC3)C2c2ccc(F)cc2)c1. The molecular weight excluding hydrogens is 397 g/mol. The fourth-order valence-corrected chi connectivity index (χ4v) is 4.61. The highest BCUT2D eigenvalue weighted by atomic mass is 19.1. The molecule has 1 aliphatic heterocycles. The number of amides is 1. The number of Topliss-reactive ketones (excluding diaryl/α,β-unsaturated/α-hetero) is 1. The van der Waals surface area contributed by atoms with Crippen molar-refractivity contribution in [1.82, 2.24) is 4.90 Å². The smallest absolute Gasteiger partial charge is 0.295 e. The van der Waals surface area contributed by atoms with Crippen molar-refractivity contribution in [2.75, 3.05) is 6.61 Å². The van der Waals surface area contributed by atoms with Gasteiger partial charge in [-0.3, -0.25) is 9.59 Å². The molecule has 1 N–H and O–H groups in total. The van der Waals surface area contributed by atoms with Gasteiger partial charge in [0.2, 0.25) is 0 Å². The normalized spacial score (nSPS) is 21.5. The average Bonchev–Trinajstić information content (AvgIpc) is 3.05. The van der Waals surface area contributed by atoms with Crippen LogP contribution in [0, 0.1) is 5.82 Å². The summed E-state index contributed by atoms with van der Waals surface area (Å²) in [7, 11) is 0. The minimum absolute atomic E-state index is 0.0378. The molecule has 1 saturated carbocycles. The molecule has 2 aromatic rings. The second kappa shape index (κ2) is 8.92. The summed E-state index contributed by atoms with van der Waals surface area (Å²) in [6.07, 6.45) is 4.70. The zero-order chi connectivity index (χ0) is 22.0. The van der Waals surface area contributed by atoms with Gasteiger partial charge >= 0.3 is 0 Å². The monoisotopic (exact) mass is 423 g/mol. The topological polar surface area (TPSA) is 66.8 Å². The molecule has 1 unspecified atom stereocenters. The highest BCUT2D eigenvalue weighted by Crippen LogP contribution is 2.43. The van der Waals surface area contributed by atoms with Crippen LogP contribution in [0.1, 0.15) is 56.2 Å². The Hall–Kier alpha value is -3.15. The lowest BCUT2D eigenvalue weighted by atomic mass is 9.91. The molecule has 0 radical (unpaired) electrons. The highest BCUT2D eigenvalue weighted by molar-refractivity contribution is 6.46. The number of benzene rings is 2. The van der Waals surface area contributed by atoms with Gasteiger partial charge in [-0.2, -0.15) is 0 Å². The number of hydrogen-bond acceptors (Lipinski definition) is 4. The first-order chi connectivity index (χ1) is 15.0. The fraction of sp³-hybridized carbons (Fsp3) is 0.360. The summed E-state index contributed by atoms with van der Waals surface area (Å²) < 4.78 is 19.1. The molecule has 1 aliphatic carbocycles. The summed E-state index contributed by atoms with van der Waals surface area (Å²) in [5.74, 6) is -1.40. The van der Waals surface area contributed by atoms with Crippen LogP contribution in [0.3, 0.4) is 0 Å². The summed E-state index contributed by atoms with van der Waals surface area (Å²) >= 11 is 0. The van der Waals surface area contributed by atoms with Gasteiger partial charge in [-0.1, -0.05) is 43.5 Å². The van der Waals surface area contributed by atoms with E-state index in [1.165, 1.54) is 12.1 Å². The van der Waals surface area contributed by atoms with Crippen LogP contribution in [0.2, 0.25) is 0 Å². The van der Waals surface area contributed by atoms with E-state index in [2.05, 4.69) is 0 Å². The molecule has 0 aromatic heterocycles. The Morgan fingerprint density at radius 2 is 1.81 bits per heavy atom. The molecule has 5 nitrogen and oxygen atoms in total. The molecule has 4 rings (SSSR count). The van der Waals surface area contributed by atoms with Crippen molar-refractivity contribution >= 4 is 17.4 Å². The van der Waals surface area contributed by atoms with Crippen LogP contribution in [0.5, 0.6) is 5.75 Å². The third-order valence-corrected chi connectivity index (χ3v) is 6.05. The third kappa shape index (κ3) is 4.07. The van der Waals surface area contributed by atoms with Crippen molar-refractivity contribution in [3.05, 3.63) is 71.0 Å². The van der Waals surface area contributed by atoms with E-state index < -0.39 is 23.5 Å². The quantitative estimate of drug-likeness (QED) is 0.419. The Kier molecular flexibility index (Phi) is 6.07. The van der Waals surface area contributed by atoms with E-state index in [1.807, 2.05) is 6.92 Å². The lowest BCUT2D eigenvalue weighted by Gasteiger charge is -2.35. The van der Waals surface area contributed by atoms with Gasteiger partial charge < -0.3 is 14.7 Å². The van der Waals surface area contributed by atoms with Crippen LogP contribution in [0.15, 0.2) is 54.1 Å². The lowest BCUT2D eigenvalue weighted by Crippen LogP contribution is -2.40. The number of aliphatic hydroxyl groups is 1. The summed E-state index contributed by atoms with van der Waals surface area (Å²) in [6, 6.07) is 11.7. The van der Waals surface area contributed by atoms with Gasteiger partial charge in [0.15, 0.2) is 0 Å². The molecule has 0 bridgehead atoms. The summed E-state index contributed by atoms with van der Waals surface area (Å²) in [5.41, 5.74) is 1.05. The van der Waals surface area contributed by atoms with Crippen molar-refractivity contribution in [2.24, 2.45) is 0 Å². The Labute approximate surface area is 181 Å². The van der Waals surface area contributed by atoms with Gasteiger partial charge in [-0.15, -0.1) is 0 Å². The summed E-state index contributed by atoms with van der Waals surface area (Å²) in [5, 5.41) is 11.2. The standard InChI is InChI=1S/C25H26FNO4/c1-2-31-20-10-6-7-17(15-20)23(28)21-22(16-11-13-18(26)14-12-16)27(25(30)24(21)29)19-8-4-3-5-9-19/h6-7,10-15,19,22,28H,2-5,8-9H2,1H3/b23-21-. The number of ketones is 1. The van der Waals surface area contributed by atoms with Crippen molar-refractivity contribution in [3.63, 3.8) is 0 Å².